The van der Waals surface area contributed by atoms with Gasteiger partial charge in [0.05, 0.1) is 5.56 Å². The van der Waals surface area contributed by atoms with Gasteiger partial charge in [-0.05, 0) is 84.0 Å². The van der Waals surface area contributed by atoms with Gasteiger partial charge in [0, 0.05) is 0 Å². The Morgan fingerprint density at radius 2 is 1.31 bits per heavy atom. The normalized spacial score (nSPS) is 18.5. The highest BCUT2D eigenvalue weighted by atomic mass is 19.4. The minimum absolute atomic E-state index is 0.229. The molecule has 0 saturated heterocycles. The highest BCUT2D eigenvalue weighted by molar-refractivity contribution is 5.72. The van der Waals surface area contributed by atoms with E-state index in [4.69, 9.17) is 0 Å². The van der Waals surface area contributed by atoms with Crippen LogP contribution in [0.25, 0.3) is 22.3 Å². The van der Waals surface area contributed by atoms with Gasteiger partial charge in [0.25, 0.3) is 0 Å². The van der Waals surface area contributed by atoms with Crippen LogP contribution in [-0.4, -0.2) is 6.36 Å². The molecule has 0 spiro atoms. The third-order valence-corrected chi connectivity index (χ3v) is 6.75. The molecule has 3 aromatic carbocycles. The van der Waals surface area contributed by atoms with Gasteiger partial charge < -0.3 is 4.74 Å². The predicted molar refractivity (Wildman–Crippen MR) is 123 cm³/mol. The smallest absolute Gasteiger partial charge is 0.403 e. The molecule has 1 aliphatic carbocycles. The quantitative estimate of drug-likeness (QED) is 0.312. The standard InChI is InChI=1S/C28H26F6O/c1-2-3-17-4-6-18(7-5-17)19-8-10-20(11-9-19)22-15-24(30)27(25(31)16-22)21-12-13-26(23(29)14-21)35-28(32,33)34/h8-18H,2-7H2,1H3. The van der Waals surface area contributed by atoms with Crippen molar-refractivity contribution in [2.24, 2.45) is 5.92 Å². The molecule has 0 bridgehead atoms. The molecule has 0 heterocycles. The van der Waals surface area contributed by atoms with Gasteiger partial charge in [-0.1, -0.05) is 50.1 Å². The third-order valence-electron chi connectivity index (χ3n) is 6.75. The molecule has 7 heteroatoms. The zero-order valence-electron chi connectivity index (χ0n) is 19.3. The molecular weight excluding hydrogens is 466 g/mol. The topological polar surface area (TPSA) is 9.23 Å². The number of hydrogen-bond donors (Lipinski definition) is 0. The Morgan fingerprint density at radius 1 is 0.743 bits per heavy atom. The second-order valence-corrected chi connectivity index (χ2v) is 9.14. The summed E-state index contributed by atoms with van der Waals surface area (Å²) in [6, 6.07) is 12.2. The predicted octanol–water partition coefficient (Wildman–Crippen LogP) is 9.41. The summed E-state index contributed by atoms with van der Waals surface area (Å²) >= 11 is 0. The Hall–Kier alpha value is -2.96. The molecule has 186 valence electrons. The van der Waals surface area contributed by atoms with E-state index < -0.39 is 35.1 Å². The van der Waals surface area contributed by atoms with Crippen LogP contribution in [0.2, 0.25) is 0 Å². The van der Waals surface area contributed by atoms with Gasteiger partial charge in [0.2, 0.25) is 0 Å². The molecule has 0 radical (unpaired) electrons. The average molecular weight is 493 g/mol. The van der Waals surface area contributed by atoms with E-state index in [1.54, 1.807) is 0 Å². The molecule has 0 amide bonds. The maximum Gasteiger partial charge on any atom is 0.573 e. The molecule has 1 fully saturated rings. The number of rotatable bonds is 6. The van der Waals surface area contributed by atoms with Gasteiger partial charge in [-0.2, -0.15) is 0 Å². The summed E-state index contributed by atoms with van der Waals surface area (Å²) < 4.78 is 84.4. The van der Waals surface area contributed by atoms with Crippen molar-refractivity contribution in [3.8, 4) is 28.0 Å². The fourth-order valence-electron chi connectivity index (χ4n) is 5.02. The first-order chi connectivity index (χ1) is 16.6. The molecule has 0 aliphatic heterocycles. The van der Waals surface area contributed by atoms with E-state index in [9.17, 15) is 26.3 Å². The van der Waals surface area contributed by atoms with Crippen molar-refractivity contribution in [3.05, 3.63) is 77.6 Å². The minimum atomic E-state index is -5.08. The van der Waals surface area contributed by atoms with Gasteiger partial charge in [-0.3, -0.25) is 0 Å². The zero-order chi connectivity index (χ0) is 25.2. The molecule has 4 rings (SSSR count). The van der Waals surface area contributed by atoms with E-state index in [-0.39, 0.29) is 5.56 Å². The minimum Gasteiger partial charge on any atom is -0.403 e. The maximum atomic E-state index is 14.9. The fourth-order valence-corrected chi connectivity index (χ4v) is 5.02. The van der Waals surface area contributed by atoms with Crippen LogP contribution in [0.15, 0.2) is 54.6 Å². The van der Waals surface area contributed by atoms with Crippen molar-refractivity contribution in [1.29, 1.82) is 0 Å². The molecule has 3 aromatic rings. The summed E-state index contributed by atoms with van der Waals surface area (Å²) in [5, 5.41) is 0. The molecule has 1 saturated carbocycles. The monoisotopic (exact) mass is 492 g/mol. The highest BCUT2D eigenvalue weighted by Gasteiger charge is 2.32. The SMILES string of the molecule is CCCC1CCC(c2ccc(-c3cc(F)c(-c4ccc(OC(F)(F)F)c(F)c4)c(F)c3)cc2)CC1. The van der Waals surface area contributed by atoms with Crippen LogP contribution in [0, 0.1) is 23.4 Å². The van der Waals surface area contributed by atoms with Crippen LogP contribution in [0.3, 0.4) is 0 Å². The molecule has 1 nitrogen and oxygen atoms in total. The maximum absolute atomic E-state index is 14.9. The van der Waals surface area contributed by atoms with E-state index in [2.05, 4.69) is 11.7 Å². The number of benzene rings is 3. The van der Waals surface area contributed by atoms with Crippen molar-refractivity contribution in [2.75, 3.05) is 0 Å². The summed E-state index contributed by atoms with van der Waals surface area (Å²) in [6.07, 6.45) is 2.14. The lowest BCUT2D eigenvalue weighted by atomic mass is 9.77. The van der Waals surface area contributed by atoms with Crippen LogP contribution in [0.1, 0.15) is 56.9 Å². The second kappa shape index (κ2) is 10.3. The van der Waals surface area contributed by atoms with Gasteiger partial charge in [-0.25, -0.2) is 13.2 Å². The first-order valence-electron chi connectivity index (χ1n) is 11.8. The Morgan fingerprint density at radius 3 is 1.86 bits per heavy atom. The van der Waals surface area contributed by atoms with Crippen molar-refractivity contribution < 1.29 is 31.1 Å². The fraction of sp³-hybridized carbons (Fsp3) is 0.357. The van der Waals surface area contributed by atoms with Crippen LogP contribution >= 0.6 is 0 Å². The Balaban J connectivity index is 1.53. The summed E-state index contributed by atoms with van der Waals surface area (Å²) in [4.78, 5) is 0. The van der Waals surface area contributed by atoms with E-state index in [1.165, 1.54) is 31.2 Å². The first-order valence-corrected chi connectivity index (χ1v) is 11.8. The van der Waals surface area contributed by atoms with Gasteiger partial charge in [0.15, 0.2) is 11.6 Å². The number of halogens is 6. The van der Waals surface area contributed by atoms with E-state index >= 15 is 0 Å². The van der Waals surface area contributed by atoms with Gasteiger partial charge in [-0.15, -0.1) is 13.2 Å². The van der Waals surface area contributed by atoms with Crippen molar-refractivity contribution in [1.82, 2.24) is 0 Å². The lowest BCUT2D eigenvalue weighted by Gasteiger charge is -2.28. The van der Waals surface area contributed by atoms with Gasteiger partial charge in [0.1, 0.15) is 11.6 Å². The molecule has 1 aliphatic rings. The van der Waals surface area contributed by atoms with Crippen LogP contribution < -0.4 is 4.74 Å². The Kier molecular flexibility index (Phi) is 7.43. The van der Waals surface area contributed by atoms with Crippen molar-refractivity contribution in [3.63, 3.8) is 0 Å². The van der Waals surface area contributed by atoms with Crippen molar-refractivity contribution in [2.45, 2.75) is 57.7 Å². The van der Waals surface area contributed by atoms with Crippen molar-refractivity contribution >= 4 is 0 Å². The molecule has 35 heavy (non-hydrogen) atoms. The van der Waals surface area contributed by atoms with E-state index in [0.717, 1.165) is 37.0 Å². The van der Waals surface area contributed by atoms with Crippen LogP contribution in [0.4, 0.5) is 26.3 Å². The molecular formula is C28H26F6O. The summed E-state index contributed by atoms with van der Waals surface area (Å²) in [5.41, 5.74) is 1.43. The number of ether oxygens (including phenoxy) is 1. The van der Waals surface area contributed by atoms with Crippen LogP contribution in [0.5, 0.6) is 5.75 Å². The molecule has 0 atom stereocenters. The van der Waals surface area contributed by atoms with E-state index in [0.29, 0.717) is 29.2 Å². The highest BCUT2D eigenvalue weighted by Crippen LogP contribution is 2.39. The first kappa shape index (κ1) is 25.1. The third kappa shape index (κ3) is 6.00. The van der Waals surface area contributed by atoms with Crippen LogP contribution in [-0.2, 0) is 0 Å². The largest absolute Gasteiger partial charge is 0.573 e. The lowest BCUT2D eigenvalue weighted by molar-refractivity contribution is -0.275. The molecule has 0 aromatic heterocycles. The van der Waals surface area contributed by atoms with E-state index in [1.807, 2.05) is 24.3 Å². The zero-order valence-corrected chi connectivity index (χ0v) is 19.3. The summed E-state index contributed by atoms with van der Waals surface area (Å²) in [5.74, 6) is -3.03. The summed E-state index contributed by atoms with van der Waals surface area (Å²) in [6.45, 7) is 2.21. The molecule has 0 N–H and O–H groups in total. The number of hydrogen-bond acceptors (Lipinski definition) is 1. The Labute approximate surface area is 200 Å². The average Bonchev–Trinajstić information content (AvgIpc) is 2.80. The van der Waals surface area contributed by atoms with Gasteiger partial charge >= 0.3 is 6.36 Å². The Bertz CT molecular complexity index is 1140. The lowest BCUT2D eigenvalue weighted by Crippen LogP contribution is -2.17. The summed E-state index contributed by atoms with van der Waals surface area (Å²) in [7, 11) is 0. The molecule has 0 unspecified atom stereocenters. The second-order valence-electron chi connectivity index (χ2n) is 9.14. The number of alkyl halides is 3.